The highest BCUT2D eigenvalue weighted by atomic mass is 32.2. The lowest BCUT2D eigenvalue weighted by Crippen LogP contribution is -2.24. The van der Waals surface area contributed by atoms with Crippen LogP contribution < -0.4 is 4.72 Å². The van der Waals surface area contributed by atoms with Crippen LogP contribution >= 0.6 is 11.8 Å². The first-order valence-electron chi connectivity index (χ1n) is 10.1. The van der Waals surface area contributed by atoms with Gasteiger partial charge < -0.3 is 0 Å². The molecular weight excluding hydrogens is 432 g/mol. The lowest BCUT2D eigenvalue weighted by molar-refractivity contribution is 0.102. The van der Waals surface area contributed by atoms with E-state index in [1.807, 2.05) is 42.5 Å². The molecule has 1 fully saturated rings. The Morgan fingerprint density at radius 2 is 1.81 bits per heavy atom. The zero-order valence-corrected chi connectivity index (χ0v) is 18.8. The monoisotopic (exact) mass is 456 g/mol. The summed E-state index contributed by atoms with van der Waals surface area (Å²) >= 11 is 1.39. The molecule has 2 aromatic carbocycles. The van der Waals surface area contributed by atoms with Crippen molar-refractivity contribution in [1.82, 2.24) is 19.5 Å². The molecule has 1 saturated carbocycles. The molecule has 4 rings (SSSR count). The number of hydrogen-bond donors (Lipinski definition) is 1. The SMILES string of the molecule is CS(=O)(=O)NCCc1ccc(C(=O)CSc2nnc(C3CC3)n2-c2ccccc2)cc1. The Bertz CT molecular complexity index is 1160. The molecule has 0 atom stereocenters. The van der Waals surface area contributed by atoms with Gasteiger partial charge in [0, 0.05) is 23.7 Å². The summed E-state index contributed by atoms with van der Waals surface area (Å²) in [4.78, 5) is 12.7. The normalized spacial score (nSPS) is 14.0. The van der Waals surface area contributed by atoms with Crippen molar-refractivity contribution in [3.05, 3.63) is 71.5 Å². The van der Waals surface area contributed by atoms with Gasteiger partial charge in [0.15, 0.2) is 10.9 Å². The summed E-state index contributed by atoms with van der Waals surface area (Å²) in [7, 11) is -3.19. The number of Topliss-reactive ketones (excluding diaryl/α,β-unsaturated/α-hetero) is 1. The van der Waals surface area contributed by atoms with Gasteiger partial charge in [-0.05, 0) is 37.0 Å². The van der Waals surface area contributed by atoms with Crippen molar-refractivity contribution < 1.29 is 13.2 Å². The minimum atomic E-state index is -3.19. The van der Waals surface area contributed by atoms with E-state index >= 15 is 0 Å². The summed E-state index contributed by atoms with van der Waals surface area (Å²) in [6.07, 6.45) is 3.96. The second-order valence-electron chi connectivity index (χ2n) is 7.61. The largest absolute Gasteiger partial charge is 0.293 e. The third-order valence-electron chi connectivity index (χ3n) is 5.00. The van der Waals surface area contributed by atoms with Crippen LogP contribution in [0.4, 0.5) is 0 Å². The van der Waals surface area contributed by atoms with Crippen molar-refractivity contribution in [2.24, 2.45) is 0 Å². The molecule has 1 N–H and O–H groups in total. The molecule has 1 heterocycles. The van der Waals surface area contributed by atoms with Crippen LogP contribution in [0.15, 0.2) is 59.8 Å². The van der Waals surface area contributed by atoms with Gasteiger partial charge >= 0.3 is 0 Å². The Balaban J connectivity index is 1.40. The van der Waals surface area contributed by atoms with E-state index in [1.54, 1.807) is 12.1 Å². The maximum Gasteiger partial charge on any atom is 0.208 e. The van der Waals surface area contributed by atoms with Crippen LogP contribution in [0.5, 0.6) is 0 Å². The number of nitrogens with zero attached hydrogens (tertiary/aromatic N) is 3. The van der Waals surface area contributed by atoms with Gasteiger partial charge in [-0.25, -0.2) is 13.1 Å². The molecule has 9 heteroatoms. The topological polar surface area (TPSA) is 93.9 Å². The molecule has 162 valence electrons. The predicted octanol–water partition coefficient (Wildman–Crippen LogP) is 3.21. The third kappa shape index (κ3) is 5.81. The quantitative estimate of drug-likeness (QED) is 0.372. The summed E-state index contributed by atoms with van der Waals surface area (Å²) in [6, 6.07) is 17.3. The molecule has 0 saturated heterocycles. The van der Waals surface area contributed by atoms with Crippen LogP contribution in [0.3, 0.4) is 0 Å². The summed E-state index contributed by atoms with van der Waals surface area (Å²) in [5.74, 6) is 1.70. The van der Waals surface area contributed by atoms with E-state index in [4.69, 9.17) is 0 Å². The van der Waals surface area contributed by atoms with Crippen LogP contribution in [0.1, 0.15) is 40.5 Å². The molecule has 0 amide bonds. The highest BCUT2D eigenvalue weighted by Gasteiger charge is 2.31. The highest BCUT2D eigenvalue weighted by Crippen LogP contribution is 2.41. The van der Waals surface area contributed by atoms with Gasteiger partial charge in [0.05, 0.1) is 12.0 Å². The van der Waals surface area contributed by atoms with Crippen LogP contribution in [0.2, 0.25) is 0 Å². The van der Waals surface area contributed by atoms with Gasteiger partial charge in [0.2, 0.25) is 10.0 Å². The average Bonchev–Trinajstić information content (AvgIpc) is 3.51. The number of para-hydroxylation sites is 1. The predicted molar refractivity (Wildman–Crippen MR) is 121 cm³/mol. The zero-order valence-electron chi connectivity index (χ0n) is 17.2. The van der Waals surface area contributed by atoms with Crippen LogP contribution in [0, 0.1) is 0 Å². The number of sulfonamides is 1. The fourth-order valence-corrected chi connectivity index (χ4v) is 4.58. The number of hydrogen-bond acceptors (Lipinski definition) is 6. The Labute approximate surface area is 186 Å². The van der Waals surface area contributed by atoms with E-state index in [9.17, 15) is 13.2 Å². The molecule has 1 aliphatic rings. The van der Waals surface area contributed by atoms with Crippen molar-refractivity contribution in [1.29, 1.82) is 0 Å². The van der Waals surface area contributed by atoms with Gasteiger partial charge in [0.1, 0.15) is 5.82 Å². The lowest BCUT2D eigenvalue weighted by atomic mass is 10.1. The molecule has 0 spiro atoms. The zero-order chi connectivity index (χ0) is 21.8. The molecule has 31 heavy (non-hydrogen) atoms. The highest BCUT2D eigenvalue weighted by molar-refractivity contribution is 7.99. The van der Waals surface area contributed by atoms with Crippen molar-refractivity contribution >= 4 is 27.6 Å². The van der Waals surface area contributed by atoms with E-state index in [-0.39, 0.29) is 11.5 Å². The van der Waals surface area contributed by atoms with E-state index < -0.39 is 10.0 Å². The lowest BCUT2D eigenvalue weighted by Gasteiger charge is -2.09. The summed E-state index contributed by atoms with van der Waals surface area (Å²) < 4.78 is 26.8. The standard InChI is InChI=1S/C22H24N4O3S2/c1-31(28,29)23-14-13-16-7-9-17(10-8-16)20(27)15-30-22-25-24-21(18-11-12-18)26(22)19-5-3-2-4-6-19/h2-10,18,23H,11-15H2,1H3. The number of nitrogens with one attached hydrogen (secondary N) is 1. The summed E-state index contributed by atoms with van der Waals surface area (Å²) in [5.41, 5.74) is 2.61. The number of carbonyl (C=O) groups is 1. The third-order valence-corrected chi connectivity index (χ3v) is 6.66. The Hall–Kier alpha value is -2.49. The molecule has 7 nitrogen and oxygen atoms in total. The molecule has 1 aromatic heterocycles. The second kappa shape index (κ2) is 9.33. The summed E-state index contributed by atoms with van der Waals surface area (Å²) in [5, 5.41) is 9.48. The van der Waals surface area contributed by atoms with E-state index in [0.29, 0.717) is 24.4 Å². The van der Waals surface area contributed by atoms with Crippen LogP contribution in [0.25, 0.3) is 5.69 Å². The Morgan fingerprint density at radius 3 is 2.45 bits per heavy atom. The smallest absolute Gasteiger partial charge is 0.208 e. The maximum absolute atomic E-state index is 12.7. The van der Waals surface area contributed by atoms with E-state index in [2.05, 4.69) is 19.5 Å². The maximum atomic E-state index is 12.7. The van der Waals surface area contributed by atoms with E-state index in [1.165, 1.54) is 11.8 Å². The molecular formula is C22H24N4O3S2. The van der Waals surface area contributed by atoms with Crippen LogP contribution in [-0.2, 0) is 16.4 Å². The van der Waals surface area contributed by atoms with Crippen LogP contribution in [-0.4, -0.2) is 47.5 Å². The van der Waals surface area contributed by atoms with Gasteiger partial charge in [-0.2, -0.15) is 0 Å². The molecule has 0 aliphatic heterocycles. The summed E-state index contributed by atoms with van der Waals surface area (Å²) in [6.45, 7) is 0.334. The van der Waals surface area contributed by atoms with Gasteiger partial charge in [-0.3, -0.25) is 9.36 Å². The average molecular weight is 457 g/mol. The van der Waals surface area contributed by atoms with Crippen molar-refractivity contribution in [3.8, 4) is 5.69 Å². The van der Waals surface area contributed by atoms with E-state index in [0.717, 1.165) is 41.3 Å². The van der Waals surface area contributed by atoms with Crippen molar-refractivity contribution in [3.63, 3.8) is 0 Å². The first kappa shape index (κ1) is 21.7. The minimum Gasteiger partial charge on any atom is -0.293 e. The van der Waals surface area contributed by atoms with Gasteiger partial charge in [-0.15, -0.1) is 10.2 Å². The Kier molecular flexibility index (Phi) is 6.54. The Morgan fingerprint density at radius 1 is 1.10 bits per heavy atom. The molecule has 0 bridgehead atoms. The number of benzene rings is 2. The number of rotatable bonds is 10. The molecule has 3 aromatic rings. The fraction of sp³-hybridized carbons (Fsp3) is 0.318. The van der Waals surface area contributed by atoms with Crippen molar-refractivity contribution in [2.75, 3.05) is 18.6 Å². The molecule has 0 radical (unpaired) electrons. The first-order chi connectivity index (χ1) is 14.9. The fourth-order valence-electron chi connectivity index (χ4n) is 3.25. The van der Waals surface area contributed by atoms with Crippen molar-refractivity contribution in [2.45, 2.75) is 30.3 Å². The van der Waals surface area contributed by atoms with Gasteiger partial charge in [-0.1, -0.05) is 54.2 Å². The number of ketones is 1. The van der Waals surface area contributed by atoms with Gasteiger partial charge in [0.25, 0.3) is 0 Å². The minimum absolute atomic E-state index is 0.0152. The number of thioether (sulfide) groups is 1. The number of aromatic nitrogens is 3. The number of carbonyl (C=O) groups excluding carboxylic acids is 1. The first-order valence-corrected chi connectivity index (χ1v) is 13.0. The second-order valence-corrected chi connectivity index (χ2v) is 10.4. The molecule has 0 unspecified atom stereocenters. The molecule has 1 aliphatic carbocycles.